The molecule has 16 heavy (non-hydrogen) atoms. The summed E-state index contributed by atoms with van der Waals surface area (Å²) in [6.45, 7) is 3.36. The highest BCUT2D eigenvalue weighted by atomic mass is 16.3. The first-order chi connectivity index (χ1) is 7.88. The van der Waals surface area contributed by atoms with Crippen molar-refractivity contribution in [3.8, 4) is 0 Å². The lowest BCUT2D eigenvalue weighted by Gasteiger charge is -2.22. The van der Waals surface area contributed by atoms with E-state index in [-0.39, 0.29) is 6.61 Å². The van der Waals surface area contributed by atoms with Gasteiger partial charge in [0.05, 0.1) is 0 Å². The van der Waals surface area contributed by atoms with E-state index in [9.17, 15) is 0 Å². The molecule has 2 atom stereocenters. The molecule has 0 amide bonds. The van der Waals surface area contributed by atoms with Crippen molar-refractivity contribution >= 4 is 0 Å². The van der Waals surface area contributed by atoms with Gasteiger partial charge in [-0.25, -0.2) is 0 Å². The Bertz CT molecular complexity index is 370. The zero-order chi connectivity index (χ0) is 11.0. The zero-order valence-corrected chi connectivity index (χ0v) is 9.39. The number of rotatable bonds is 2. The van der Waals surface area contributed by atoms with Crippen LogP contribution in [0, 0.1) is 5.92 Å². The summed E-state index contributed by atoms with van der Waals surface area (Å²) < 4.78 is 2.27. The van der Waals surface area contributed by atoms with E-state index >= 15 is 0 Å². The lowest BCUT2D eigenvalue weighted by Crippen LogP contribution is -2.24. The standard InChI is InChI=1S/C11H18N4O/c16-7-8-2-4-15-10(5-8)13-14-11(15)9-1-3-12-6-9/h8-9,12,16H,1-7H2. The Morgan fingerprint density at radius 1 is 1.38 bits per heavy atom. The number of nitrogens with one attached hydrogen (secondary N) is 1. The molecule has 0 radical (unpaired) electrons. The minimum atomic E-state index is 0.271. The highest BCUT2D eigenvalue weighted by Crippen LogP contribution is 2.26. The van der Waals surface area contributed by atoms with Crippen LogP contribution in [0.5, 0.6) is 0 Å². The van der Waals surface area contributed by atoms with Gasteiger partial charge in [-0.2, -0.15) is 0 Å². The second-order valence-electron chi connectivity index (χ2n) is 4.86. The third-order valence-corrected chi connectivity index (χ3v) is 3.77. The third kappa shape index (κ3) is 1.64. The van der Waals surface area contributed by atoms with Gasteiger partial charge in [0.2, 0.25) is 0 Å². The molecule has 0 spiro atoms. The molecule has 1 aromatic rings. The molecule has 3 heterocycles. The van der Waals surface area contributed by atoms with E-state index in [1.54, 1.807) is 0 Å². The van der Waals surface area contributed by atoms with E-state index in [1.807, 2.05) is 0 Å². The van der Waals surface area contributed by atoms with Crippen LogP contribution in [0.25, 0.3) is 0 Å². The maximum Gasteiger partial charge on any atom is 0.137 e. The molecule has 0 saturated carbocycles. The first kappa shape index (κ1) is 10.2. The van der Waals surface area contributed by atoms with Gasteiger partial charge in [0.25, 0.3) is 0 Å². The second kappa shape index (κ2) is 4.14. The fraction of sp³-hybridized carbons (Fsp3) is 0.818. The smallest absolute Gasteiger partial charge is 0.137 e. The first-order valence-corrected chi connectivity index (χ1v) is 6.12. The van der Waals surface area contributed by atoms with Crippen LogP contribution in [0.4, 0.5) is 0 Å². The lowest BCUT2D eigenvalue weighted by molar-refractivity contribution is 0.198. The molecule has 2 aliphatic heterocycles. The van der Waals surface area contributed by atoms with Gasteiger partial charge in [0.15, 0.2) is 0 Å². The largest absolute Gasteiger partial charge is 0.396 e. The number of aliphatic hydroxyl groups is 1. The van der Waals surface area contributed by atoms with Crippen molar-refractivity contribution < 1.29 is 5.11 Å². The summed E-state index contributed by atoms with van der Waals surface area (Å²) in [5.74, 6) is 3.13. The van der Waals surface area contributed by atoms with E-state index in [0.717, 1.165) is 44.1 Å². The summed E-state index contributed by atoms with van der Waals surface area (Å²) >= 11 is 0. The Labute approximate surface area is 94.9 Å². The van der Waals surface area contributed by atoms with E-state index in [0.29, 0.717) is 11.8 Å². The Kier molecular flexibility index (Phi) is 2.65. The number of hydrogen-bond donors (Lipinski definition) is 2. The van der Waals surface area contributed by atoms with Crippen molar-refractivity contribution in [3.05, 3.63) is 11.6 Å². The van der Waals surface area contributed by atoms with Gasteiger partial charge in [0, 0.05) is 32.0 Å². The third-order valence-electron chi connectivity index (χ3n) is 3.77. The Morgan fingerprint density at radius 2 is 2.31 bits per heavy atom. The second-order valence-corrected chi connectivity index (χ2v) is 4.86. The van der Waals surface area contributed by atoms with Crippen molar-refractivity contribution in [2.24, 2.45) is 5.92 Å². The Morgan fingerprint density at radius 3 is 3.06 bits per heavy atom. The average Bonchev–Trinajstić information content (AvgIpc) is 2.96. The Hall–Kier alpha value is -0.940. The summed E-state index contributed by atoms with van der Waals surface area (Å²) in [5.41, 5.74) is 0. The normalized spacial score (nSPS) is 29.3. The van der Waals surface area contributed by atoms with Crippen LogP contribution in [-0.2, 0) is 13.0 Å². The van der Waals surface area contributed by atoms with E-state index in [1.165, 1.54) is 6.42 Å². The minimum absolute atomic E-state index is 0.271. The number of fused-ring (bicyclic) bond motifs is 1. The van der Waals surface area contributed by atoms with Crippen molar-refractivity contribution in [1.82, 2.24) is 20.1 Å². The number of hydrogen-bond acceptors (Lipinski definition) is 4. The molecule has 88 valence electrons. The van der Waals surface area contributed by atoms with Crippen LogP contribution in [0.3, 0.4) is 0 Å². The summed E-state index contributed by atoms with van der Waals surface area (Å²) in [7, 11) is 0. The number of aliphatic hydroxyl groups excluding tert-OH is 1. The molecule has 1 fully saturated rings. The molecule has 0 bridgehead atoms. The van der Waals surface area contributed by atoms with E-state index in [4.69, 9.17) is 5.11 Å². The van der Waals surface area contributed by atoms with Gasteiger partial charge >= 0.3 is 0 Å². The van der Waals surface area contributed by atoms with Crippen LogP contribution in [0.1, 0.15) is 30.4 Å². The number of aromatic nitrogens is 3. The average molecular weight is 222 g/mol. The highest BCUT2D eigenvalue weighted by Gasteiger charge is 2.27. The fourth-order valence-corrected chi connectivity index (χ4v) is 2.75. The molecule has 3 rings (SSSR count). The van der Waals surface area contributed by atoms with Crippen molar-refractivity contribution in [3.63, 3.8) is 0 Å². The van der Waals surface area contributed by atoms with Gasteiger partial charge in [-0.3, -0.25) is 0 Å². The molecular formula is C11H18N4O. The van der Waals surface area contributed by atoms with E-state index in [2.05, 4.69) is 20.1 Å². The van der Waals surface area contributed by atoms with Gasteiger partial charge in [-0.15, -0.1) is 10.2 Å². The lowest BCUT2D eigenvalue weighted by atomic mass is 9.98. The minimum Gasteiger partial charge on any atom is -0.396 e. The molecule has 1 saturated heterocycles. The highest BCUT2D eigenvalue weighted by molar-refractivity contribution is 5.07. The van der Waals surface area contributed by atoms with Crippen molar-refractivity contribution in [1.29, 1.82) is 0 Å². The van der Waals surface area contributed by atoms with Gasteiger partial charge < -0.3 is 15.0 Å². The molecule has 5 nitrogen and oxygen atoms in total. The summed E-state index contributed by atoms with van der Waals surface area (Å²) in [6, 6.07) is 0. The summed E-state index contributed by atoms with van der Waals surface area (Å²) in [6.07, 6.45) is 3.10. The molecule has 2 unspecified atom stereocenters. The van der Waals surface area contributed by atoms with Crippen LogP contribution in [0.2, 0.25) is 0 Å². The van der Waals surface area contributed by atoms with Crippen molar-refractivity contribution in [2.75, 3.05) is 19.7 Å². The monoisotopic (exact) mass is 222 g/mol. The van der Waals surface area contributed by atoms with Crippen LogP contribution < -0.4 is 5.32 Å². The van der Waals surface area contributed by atoms with Gasteiger partial charge in [-0.05, 0) is 25.3 Å². The zero-order valence-electron chi connectivity index (χ0n) is 9.39. The van der Waals surface area contributed by atoms with Crippen LogP contribution in [0.15, 0.2) is 0 Å². The molecule has 0 aromatic carbocycles. The molecule has 1 aromatic heterocycles. The Balaban J connectivity index is 1.84. The maximum absolute atomic E-state index is 9.17. The predicted molar refractivity (Wildman–Crippen MR) is 59.1 cm³/mol. The van der Waals surface area contributed by atoms with Gasteiger partial charge in [0.1, 0.15) is 11.6 Å². The molecular weight excluding hydrogens is 204 g/mol. The maximum atomic E-state index is 9.17. The van der Waals surface area contributed by atoms with Gasteiger partial charge in [-0.1, -0.05) is 0 Å². The fourth-order valence-electron chi connectivity index (χ4n) is 2.75. The molecule has 0 aliphatic carbocycles. The topological polar surface area (TPSA) is 63.0 Å². The predicted octanol–water partition coefficient (Wildman–Crippen LogP) is -0.0903. The molecule has 2 aliphatic rings. The first-order valence-electron chi connectivity index (χ1n) is 6.12. The van der Waals surface area contributed by atoms with E-state index < -0.39 is 0 Å². The molecule has 2 N–H and O–H groups in total. The van der Waals surface area contributed by atoms with Crippen LogP contribution >= 0.6 is 0 Å². The SMILES string of the molecule is OCC1CCn2c(nnc2C2CCNC2)C1. The summed E-state index contributed by atoms with van der Waals surface area (Å²) in [5, 5.41) is 21.1. The number of nitrogens with zero attached hydrogens (tertiary/aromatic N) is 3. The van der Waals surface area contributed by atoms with Crippen molar-refractivity contribution in [2.45, 2.75) is 31.7 Å². The van der Waals surface area contributed by atoms with Crippen LogP contribution in [-0.4, -0.2) is 39.6 Å². The quantitative estimate of drug-likeness (QED) is 0.734. The molecule has 5 heteroatoms. The summed E-state index contributed by atoms with van der Waals surface area (Å²) in [4.78, 5) is 0.